The first-order chi connectivity index (χ1) is 13.8. The maximum absolute atomic E-state index is 8.25. The van der Waals surface area contributed by atoms with Crippen molar-refractivity contribution >= 4 is 40.1 Å². The highest BCUT2D eigenvalue weighted by Gasteiger charge is 2.48. The largest absolute Gasteiger partial charge is 0.857 e. The molecular weight excluding hydrogens is 383 g/mol. The van der Waals surface area contributed by atoms with Crippen LogP contribution in [0, 0.1) is 0 Å². The molecule has 0 bridgehead atoms. The Bertz CT molecular complexity index is 892. The minimum absolute atomic E-state index is 0.750. The van der Waals surface area contributed by atoms with Crippen LogP contribution in [0.2, 0.25) is 5.02 Å². The maximum atomic E-state index is 8.25. The van der Waals surface area contributed by atoms with Gasteiger partial charge >= 0.3 is 0 Å². The standard InChI is InChI=1S/C24H19ClP.CH3O/c25-23-18-10-11-19-24(23)26(20-12-4-1-5-13-20,21-14-6-2-7-15-21)22-16-8-3-9-17-22;1-2/h1-19H;1H3/q+1;-1. The van der Waals surface area contributed by atoms with Gasteiger partial charge in [-0.05, 0) is 48.5 Å². The minimum Gasteiger partial charge on any atom is -0.857 e. The van der Waals surface area contributed by atoms with Crippen LogP contribution in [0.5, 0.6) is 0 Å². The van der Waals surface area contributed by atoms with Crippen molar-refractivity contribution < 1.29 is 5.11 Å². The minimum atomic E-state index is -2.08. The van der Waals surface area contributed by atoms with Crippen LogP contribution in [0.4, 0.5) is 0 Å². The van der Waals surface area contributed by atoms with Crippen molar-refractivity contribution in [3.63, 3.8) is 0 Å². The predicted octanol–water partition coefficient (Wildman–Crippen LogP) is 3.94. The van der Waals surface area contributed by atoms with Gasteiger partial charge in [-0.2, -0.15) is 7.11 Å². The zero-order chi connectivity index (χ0) is 19.8. The molecule has 4 rings (SSSR count). The number of rotatable bonds is 4. The van der Waals surface area contributed by atoms with Gasteiger partial charge in [-0.3, -0.25) is 0 Å². The molecule has 0 amide bonds. The van der Waals surface area contributed by atoms with E-state index in [4.69, 9.17) is 16.7 Å². The first-order valence-electron chi connectivity index (χ1n) is 9.05. The van der Waals surface area contributed by atoms with E-state index in [1.54, 1.807) is 0 Å². The lowest BCUT2D eigenvalue weighted by atomic mass is 10.3. The van der Waals surface area contributed by atoms with Crippen LogP contribution in [-0.4, -0.2) is 7.11 Å². The lowest BCUT2D eigenvalue weighted by Crippen LogP contribution is -2.39. The Morgan fingerprint density at radius 1 is 0.500 bits per heavy atom. The fourth-order valence-corrected chi connectivity index (χ4v) is 8.35. The van der Waals surface area contributed by atoms with E-state index in [1.165, 1.54) is 21.2 Å². The normalized spacial score (nSPS) is 10.7. The van der Waals surface area contributed by atoms with E-state index in [9.17, 15) is 0 Å². The van der Waals surface area contributed by atoms with E-state index in [2.05, 4.69) is 103 Å². The average molecular weight is 405 g/mol. The summed E-state index contributed by atoms with van der Waals surface area (Å²) in [4.78, 5) is 0. The molecule has 140 valence electrons. The number of halogens is 1. The van der Waals surface area contributed by atoms with Crippen molar-refractivity contribution in [2.75, 3.05) is 7.11 Å². The second-order valence-electron chi connectivity index (χ2n) is 6.13. The molecule has 0 aliphatic carbocycles. The summed E-state index contributed by atoms with van der Waals surface area (Å²) in [6.45, 7) is 0. The van der Waals surface area contributed by atoms with E-state index in [0.29, 0.717) is 0 Å². The van der Waals surface area contributed by atoms with Gasteiger partial charge in [-0.1, -0.05) is 78.3 Å². The molecule has 0 spiro atoms. The second kappa shape index (κ2) is 9.66. The Morgan fingerprint density at radius 3 is 1.18 bits per heavy atom. The molecule has 0 radical (unpaired) electrons. The van der Waals surface area contributed by atoms with Crippen molar-refractivity contribution in [1.82, 2.24) is 0 Å². The molecule has 0 saturated heterocycles. The summed E-state index contributed by atoms with van der Waals surface area (Å²) in [5.74, 6) is 0. The van der Waals surface area contributed by atoms with Crippen LogP contribution in [0.25, 0.3) is 0 Å². The number of hydrogen-bond donors (Lipinski definition) is 0. The van der Waals surface area contributed by atoms with E-state index in [-0.39, 0.29) is 0 Å². The monoisotopic (exact) mass is 404 g/mol. The van der Waals surface area contributed by atoms with E-state index in [0.717, 1.165) is 12.1 Å². The first-order valence-corrected chi connectivity index (χ1v) is 11.2. The van der Waals surface area contributed by atoms with Gasteiger partial charge in [0.1, 0.15) is 28.5 Å². The van der Waals surface area contributed by atoms with Gasteiger partial charge in [0, 0.05) is 0 Å². The maximum Gasteiger partial charge on any atom is 0.145 e. The van der Waals surface area contributed by atoms with E-state index >= 15 is 0 Å². The lowest BCUT2D eigenvalue weighted by molar-refractivity contribution is -0.325. The topological polar surface area (TPSA) is 23.1 Å². The van der Waals surface area contributed by atoms with Crippen molar-refractivity contribution in [2.45, 2.75) is 0 Å². The third kappa shape index (κ3) is 3.75. The Kier molecular flexibility index (Phi) is 7.01. The summed E-state index contributed by atoms with van der Waals surface area (Å²) in [6.07, 6.45) is 0. The van der Waals surface area contributed by atoms with Gasteiger partial charge in [-0.25, -0.2) is 0 Å². The van der Waals surface area contributed by atoms with Crippen LogP contribution >= 0.6 is 18.9 Å². The van der Waals surface area contributed by atoms with Crippen LogP contribution in [0.15, 0.2) is 115 Å². The Labute approximate surface area is 172 Å². The van der Waals surface area contributed by atoms with Gasteiger partial charge in [0.2, 0.25) is 0 Å². The second-order valence-corrected chi connectivity index (χ2v) is 9.91. The molecule has 1 nitrogen and oxygen atoms in total. The molecule has 4 aromatic rings. The molecule has 0 saturated carbocycles. The van der Waals surface area contributed by atoms with Crippen molar-refractivity contribution in [1.29, 1.82) is 0 Å². The summed E-state index contributed by atoms with van der Waals surface area (Å²) in [5, 5.41) is 14.2. The smallest absolute Gasteiger partial charge is 0.145 e. The van der Waals surface area contributed by atoms with Gasteiger partial charge in [-0.15, -0.1) is 0 Å². The summed E-state index contributed by atoms with van der Waals surface area (Å²) in [5.41, 5.74) is 0. The Balaban J connectivity index is 0.00000109. The first kappa shape index (κ1) is 20.3. The highest BCUT2D eigenvalue weighted by atomic mass is 35.5. The van der Waals surface area contributed by atoms with Crippen molar-refractivity contribution in [3.8, 4) is 0 Å². The molecule has 3 heteroatoms. The average Bonchev–Trinajstić information content (AvgIpc) is 2.79. The van der Waals surface area contributed by atoms with Crippen molar-refractivity contribution in [3.05, 3.63) is 120 Å². The van der Waals surface area contributed by atoms with Gasteiger partial charge in [0.25, 0.3) is 0 Å². The summed E-state index contributed by atoms with van der Waals surface area (Å²) < 4.78 is 0. The van der Waals surface area contributed by atoms with Crippen LogP contribution in [0.1, 0.15) is 0 Å². The highest BCUT2D eigenvalue weighted by molar-refractivity contribution is 8.01. The molecule has 0 atom stereocenters. The van der Waals surface area contributed by atoms with Crippen LogP contribution < -0.4 is 26.3 Å². The molecule has 28 heavy (non-hydrogen) atoms. The molecule has 0 fully saturated rings. The lowest BCUT2D eigenvalue weighted by Gasteiger charge is -2.28. The summed E-state index contributed by atoms with van der Waals surface area (Å²) in [7, 11) is -1.33. The molecule has 0 N–H and O–H groups in total. The fourth-order valence-electron chi connectivity index (χ4n) is 3.54. The fraction of sp³-hybridized carbons (Fsp3) is 0.0400. The van der Waals surface area contributed by atoms with Gasteiger partial charge < -0.3 is 5.11 Å². The molecule has 0 aromatic heterocycles. The zero-order valence-corrected chi connectivity index (χ0v) is 17.4. The van der Waals surface area contributed by atoms with E-state index < -0.39 is 7.26 Å². The highest BCUT2D eigenvalue weighted by Crippen LogP contribution is 2.55. The number of hydrogen-bond acceptors (Lipinski definition) is 1. The SMILES string of the molecule is C[O-].Clc1ccccc1[P+](c1ccccc1)(c1ccccc1)c1ccccc1. The van der Waals surface area contributed by atoms with Crippen LogP contribution in [0.3, 0.4) is 0 Å². The molecule has 0 aliphatic rings. The molecule has 0 aliphatic heterocycles. The van der Waals surface area contributed by atoms with Crippen LogP contribution in [-0.2, 0) is 0 Å². The van der Waals surface area contributed by atoms with Gasteiger partial charge in [0.05, 0.1) is 5.02 Å². The summed E-state index contributed by atoms with van der Waals surface area (Å²) >= 11 is 6.79. The van der Waals surface area contributed by atoms with E-state index in [1.807, 2.05) is 12.1 Å². The Hall–Kier alpha value is -2.44. The molecule has 4 aromatic carbocycles. The molecule has 0 heterocycles. The summed E-state index contributed by atoms with van der Waals surface area (Å²) in [6, 6.07) is 40.6. The third-order valence-corrected chi connectivity index (χ3v) is 9.44. The molecule has 0 unspecified atom stereocenters. The molecular formula is C25H22ClOP. The number of benzene rings is 4. The zero-order valence-electron chi connectivity index (χ0n) is 15.7. The quantitative estimate of drug-likeness (QED) is 0.472. The predicted molar refractivity (Wildman–Crippen MR) is 122 cm³/mol. The Morgan fingerprint density at radius 2 is 0.821 bits per heavy atom. The third-order valence-electron chi connectivity index (χ3n) is 4.64. The van der Waals surface area contributed by atoms with Crippen molar-refractivity contribution in [2.24, 2.45) is 0 Å². The van der Waals surface area contributed by atoms with Gasteiger partial charge in [0.15, 0.2) is 0 Å².